The smallest absolute Gasteiger partial charge is 0.275 e. The van der Waals surface area contributed by atoms with Crippen LogP contribution in [0.5, 0.6) is 0 Å². The number of anilines is 3. The molecule has 26 heavy (non-hydrogen) atoms. The highest BCUT2D eigenvalue weighted by Gasteiger charge is 2.09. The number of amides is 1. The Morgan fingerprint density at radius 3 is 2.69 bits per heavy atom. The molecule has 3 rings (SSSR count). The van der Waals surface area contributed by atoms with Gasteiger partial charge in [0.1, 0.15) is 11.5 Å². The molecule has 7 heteroatoms. The van der Waals surface area contributed by atoms with E-state index in [0.717, 1.165) is 11.3 Å². The van der Waals surface area contributed by atoms with Crippen molar-refractivity contribution in [2.75, 3.05) is 10.6 Å². The number of rotatable bonds is 4. The Hall–Kier alpha value is -3.43. The molecule has 0 radical (unpaired) electrons. The van der Waals surface area contributed by atoms with Crippen LogP contribution in [0, 0.1) is 18.3 Å². The summed E-state index contributed by atoms with van der Waals surface area (Å²) in [6.07, 6.45) is 2.87. The van der Waals surface area contributed by atoms with Crippen molar-refractivity contribution >= 4 is 34.7 Å². The number of benzene rings is 2. The summed E-state index contributed by atoms with van der Waals surface area (Å²) in [6.45, 7) is 1.93. The van der Waals surface area contributed by atoms with Crippen LogP contribution in [0.4, 0.5) is 17.2 Å². The molecule has 0 atom stereocenters. The summed E-state index contributed by atoms with van der Waals surface area (Å²) >= 11 is 5.94. The minimum Gasteiger partial charge on any atom is -0.339 e. The number of nitrogens with one attached hydrogen (secondary N) is 2. The van der Waals surface area contributed by atoms with Crippen molar-refractivity contribution < 1.29 is 4.79 Å². The SMILES string of the molecule is Cc1cc(Cl)ccc1Nc1cnc(C(=O)Nc2cccc(C#N)c2)cn1. The highest BCUT2D eigenvalue weighted by molar-refractivity contribution is 6.30. The molecule has 0 aliphatic carbocycles. The molecule has 3 aromatic rings. The van der Waals surface area contributed by atoms with Crippen LogP contribution in [0.3, 0.4) is 0 Å². The number of hydrogen-bond acceptors (Lipinski definition) is 5. The quantitative estimate of drug-likeness (QED) is 0.720. The molecular weight excluding hydrogens is 350 g/mol. The molecule has 0 aliphatic rings. The van der Waals surface area contributed by atoms with Crippen LogP contribution in [0.15, 0.2) is 54.9 Å². The highest BCUT2D eigenvalue weighted by atomic mass is 35.5. The predicted octanol–water partition coefficient (Wildman–Crippen LogP) is 4.31. The van der Waals surface area contributed by atoms with Gasteiger partial charge in [-0.05, 0) is 48.9 Å². The van der Waals surface area contributed by atoms with Crippen LogP contribution < -0.4 is 10.6 Å². The maximum atomic E-state index is 12.2. The summed E-state index contributed by atoms with van der Waals surface area (Å²) in [4.78, 5) is 20.6. The summed E-state index contributed by atoms with van der Waals surface area (Å²) in [6, 6.07) is 14.1. The van der Waals surface area contributed by atoms with Crippen LogP contribution in [0.1, 0.15) is 21.6 Å². The Balaban J connectivity index is 1.70. The maximum Gasteiger partial charge on any atom is 0.275 e. The lowest BCUT2D eigenvalue weighted by molar-refractivity contribution is 0.102. The Morgan fingerprint density at radius 2 is 2.00 bits per heavy atom. The molecule has 0 bridgehead atoms. The summed E-state index contributed by atoms with van der Waals surface area (Å²) in [5, 5.41) is 15.4. The third kappa shape index (κ3) is 4.15. The van der Waals surface area contributed by atoms with Crippen molar-refractivity contribution in [3.05, 3.63) is 76.7 Å². The van der Waals surface area contributed by atoms with Crippen LogP contribution in [-0.4, -0.2) is 15.9 Å². The van der Waals surface area contributed by atoms with E-state index in [2.05, 4.69) is 20.6 Å². The molecule has 1 amide bonds. The van der Waals surface area contributed by atoms with Crippen molar-refractivity contribution in [1.82, 2.24) is 9.97 Å². The second-order valence-corrected chi connectivity index (χ2v) is 5.95. The van der Waals surface area contributed by atoms with Gasteiger partial charge in [-0.25, -0.2) is 9.97 Å². The van der Waals surface area contributed by atoms with Gasteiger partial charge in [-0.3, -0.25) is 4.79 Å². The number of carbonyl (C=O) groups excluding carboxylic acids is 1. The Labute approximate surface area is 155 Å². The van der Waals surface area contributed by atoms with Gasteiger partial charge in [0.2, 0.25) is 0 Å². The van der Waals surface area contributed by atoms with Gasteiger partial charge >= 0.3 is 0 Å². The molecule has 0 spiro atoms. The van der Waals surface area contributed by atoms with Crippen LogP contribution in [-0.2, 0) is 0 Å². The fourth-order valence-corrected chi connectivity index (χ4v) is 2.50. The van der Waals surface area contributed by atoms with Crippen molar-refractivity contribution in [2.24, 2.45) is 0 Å². The van der Waals surface area contributed by atoms with Gasteiger partial charge in [-0.1, -0.05) is 17.7 Å². The van der Waals surface area contributed by atoms with E-state index >= 15 is 0 Å². The molecule has 6 nitrogen and oxygen atoms in total. The van der Waals surface area contributed by atoms with Crippen molar-refractivity contribution in [3.63, 3.8) is 0 Å². The first-order valence-electron chi connectivity index (χ1n) is 7.72. The number of nitrogens with zero attached hydrogens (tertiary/aromatic N) is 3. The molecule has 2 aromatic carbocycles. The fraction of sp³-hybridized carbons (Fsp3) is 0.0526. The van der Waals surface area contributed by atoms with E-state index in [1.807, 2.05) is 25.1 Å². The molecule has 128 valence electrons. The second kappa shape index (κ2) is 7.64. The molecule has 0 aliphatic heterocycles. The average molecular weight is 364 g/mol. The molecule has 1 heterocycles. The summed E-state index contributed by atoms with van der Waals surface area (Å²) in [7, 11) is 0. The molecule has 0 saturated carbocycles. The molecule has 2 N–H and O–H groups in total. The first-order chi connectivity index (χ1) is 12.5. The number of aryl methyl sites for hydroxylation is 1. The lowest BCUT2D eigenvalue weighted by Crippen LogP contribution is -2.14. The fourth-order valence-electron chi connectivity index (χ4n) is 2.28. The zero-order valence-electron chi connectivity index (χ0n) is 13.8. The van der Waals surface area contributed by atoms with Gasteiger partial charge in [-0.2, -0.15) is 5.26 Å². The number of halogens is 1. The third-order valence-electron chi connectivity index (χ3n) is 3.59. The minimum absolute atomic E-state index is 0.172. The number of nitriles is 1. The van der Waals surface area contributed by atoms with E-state index in [-0.39, 0.29) is 5.69 Å². The first kappa shape index (κ1) is 17.4. The second-order valence-electron chi connectivity index (χ2n) is 5.52. The molecule has 1 aromatic heterocycles. The zero-order chi connectivity index (χ0) is 18.5. The van der Waals surface area contributed by atoms with Crippen molar-refractivity contribution in [2.45, 2.75) is 6.92 Å². The van der Waals surface area contributed by atoms with Gasteiger partial charge in [0.25, 0.3) is 5.91 Å². The summed E-state index contributed by atoms with van der Waals surface area (Å²) in [5.74, 6) is 0.111. The van der Waals surface area contributed by atoms with Gasteiger partial charge in [0.15, 0.2) is 0 Å². The Kier molecular flexibility index (Phi) is 5.11. The maximum absolute atomic E-state index is 12.2. The Bertz CT molecular complexity index is 996. The predicted molar refractivity (Wildman–Crippen MR) is 101 cm³/mol. The Morgan fingerprint density at radius 1 is 1.15 bits per heavy atom. The van der Waals surface area contributed by atoms with E-state index in [9.17, 15) is 4.79 Å². The average Bonchev–Trinajstić information content (AvgIpc) is 2.64. The lowest BCUT2D eigenvalue weighted by atomic mass is 10.2. The largest absolute Gasteiger partial charge is 0.339 e. The topological polar surface area (TPSA) is 90.7 Å². The van der Waals surface area contributed by atoms with E-state index in [1.54, 1.807) is 30.3 Å². The van der Waals surface area contributed by atoms with E-state index in [0.29, 0.717) is 22.1 Å². The van der Waals surface area contributed by atoms with Crippen molar-refractivity contribution in [1.29, 1.82) is 5.26 Å². The van der Waals surface area contributed by atoms with Crippen LogP contribution in [0.2, 0.25) is 5.02 Å². The number of carbonyl (C=O) groups is 1. The van der Waals surface area contributed by atoms with Crippen LogP contribution in [0.25, 0.3) is 0 Å². The third-order valence-corrected chi connectivity index (χ3v) is 3.82. The first-order valence-corrected chi connectivity index (χ1v) is 8.10. The van der Waals surface area contributed by atoms with Crippen molar-refractivity contribution in [3.8, 4) is 6.07 Å². The number of hydrogen-bond donors (Lipinski definition) is 2. The summed E-state index contributed by atoms with van der Waals surface area (Å²) in [5.41, 5.74) is 2.99. The number of aromatic nitrogens is 2. The van der Waals surface area contributed by atoms with Crippen LogP contribution >= 0.6 is 11.6 Å². The minimum atomic E-state index is -0.401. The zero-order valence-corrected chi connectivity index (χ0v) is 14.6. The molecule has 0 fully saturated rings. The monoisotopic (exact) mass is 363 g/mol. The van der Waals surface area contributed by atoms with Gasteiger partial charge < -0.3 is 10.6 Å². The van der Waals surface area contributed by atoms with E-state index < -0.39 is 5.91 Å². The molecular formula is C19H14ClN5O. The van der Waals surface area contributed by atoms with Gasteiger partial charge in [0.05, 0.1) is 24.0 Å². The molecule has 0 unspecified atom stereocenters. The normalized spacial score (nSPS) is 10.0. The lowest BCUT2D eigenvalue weighted by Gasteiger charge is -2.09. The van der Waals surface area contributed by atoms with E-state index in [1.165, 1.54) is 12.4 Å². The van der Waals surface area contributed by atoms with Gasteiger partial charge in [-0.15, -0.1) is 0 Å². The highest BCUT2D eigenvalue weighted by Crippen LogP contribution is 2.22. The van der Waals surface area contributed by atoms with E-state index in [4.69, 9.17) is 16.9 Å². The molecule has 0 saturated heterocycles. The standard InChI is InChI=1S/C19H14ClN5O/c1-12-7-14(20)5-6-16(12)25-18-11-22-17(10-23-18)19(26)24-15-4-2-3-13(8-15)9-21/h2-8,10-11H,1H3,(H,23,25)(H,24,26). The van der Waals surface area contributed by atoms with Gasteiger partial charge in [0, 0.05) is 16.4 Å². The summed E-state index contributed by atoms with van der Waals surface area (Å²) < 4.78 is 0.